The maximum Gasteiger partial charge on any atom is 0.292 e. The van der Waals surface area contributed by atoms with Crippen LogP contribution >= 0.6 is 0 Å². The molecular weight excluding hydrogens is 324 g/mol. The van der Waals surface area contributed by atoms with Crippen molar-refractivity contribution in [1.29, 1.82) is 0 Å². The quantitative estimate of drug-likeness (QED) is 0.358. The van der Waals surface area contributed by atoms with Gasteiger partial charge in [0.15, 0.2) is 0 Å². The van der Waals surface area contributed by atoms with Gasteiger partial charge in [-0.2, -0.15) is 0 Å². The normalized spacial score (nSPS) is 10.8. The van der Waals surface area contributed by atoms with Crippen LogP contribution in [-0.2, 0) is 9.59 Å². The van der Waals surface area contributed by atoms with Crippen molar-refractivity contribution in [1.82, 2.24) is 10.6 Å². The van der Waals surface area contributed by atoms with Gasteiger partial charge in [0.2, 0.25) is 11.8 Å². The molecule has 0 spiro atoms. The average molecular weight is 350 g/mol. The third-order valence-corrected chi connectivity index (χ3v) is 3.41. The van der Waals surface area contributed by atoms with E-state index in [1.165, 1.54) is 6.07 Å². The van der Waals surface area contributed by atoms with Gasteiger partial charge >= 0.3 is 0 Å². The maximum absolute atomic E-state index is 11.7. The van der Waals surface area contributed by atoms with Crippen LogP contribution < -0.4 is 16.0 Å². The summed E-state index contributed by atoms with van der Waals surface area (Å²) in [6, 6.07) is 6.36. The predicted molar refractivity (Wildman–Crippen MR) is 96.3 cm³/mol. The van der Waals surface area contributed by atoms with Gasteiger partial charge in [-0.05, 0) is 12.5 Å². The minimum atomic E-state index is -0.452. The highest BCUT2D eigenvalue weighted by molar-refractivity contribution is 5.81. The van der Waals surface area contributed by atoms with Crippen LogP contribution in [0.25, 0.3) is 0 Å². The number of nitrogens with zero attached hydrogens (tertiary/aromatic N) is 1. The Morgan fingerprint density at radius 1 is 1.08 bits per heavy atom. The number of nitro groups is 1. The topological polar surface area (TPSA) is 113 Å². The number of benzene rings is 1. The molecule has 8 heteroatoms. The van der Waals surface area contributed by atoms with E-state index in [-0.39, 0.29) is 17.5 Å². The first-order chi connectivity index (χ1) is 11.7. The Morgan fingerprint density at radius 2 is 1.76 bits per heavy atom. The van der Waals surface area contributed by atoms with Crippen molar-refractivity contribution in [2.45, 2.75) is 33.6 Å². The number of hydrogen-bond donors (Lipinski definition) is 3. The van der Waals surface area contributed by atoms with Crippen molar-refractivity contribution >= 4 is 23.2 Å². The predicted octanol–water partition coefficient (Wildman–Crippen LogP) is 2.07. The minimum absolute atomic E-state index is 0.00316. The van der Waals surface area contributed by atoms with Gasteiger partial charge in [-0.25, -0.2) is 0 Å². The molecule has 0 radical (unpaired) electrons. The molecule has 0 aliphatic heterocycles. The summed E-state index contributed by atoms with van der Waals surface area (Å²) in [7, 11) is 0. The van der Waals surface area contributed by atoms with Crippen molar-refractivity contribution < 1.29 is 14.5 Å². The standard InChI is InChI=1S/C17H26N4O4/c1-17(2,3)16(23)20-10-6-9-15(22)19-12-11-18-13-7-4-5-8-14(13)21(24)25/h4-5,7-8,18H,6,9-12H2,1-3H3,(H,19,22)(H,20,23). The number of carbonyl (C=O) groups is 2. The van der Waals surface area contributed by atoms with Crippen molar-refractivity contribution in [3.63, 3.8) is 0 Å². The molecule has 0 heterocycles. The number of hydrogen-bond acceptors (Lipinski definition) is 5. The number of carbonyl (C=O) groups excluding carboxylic acids is 2. The summed E-state index contributed by atoms with van der Waals surface area (Å²) in [6.07, 6.45) is 0.876. The molecule has 0 unspecified atom stereocenters. The molecule has 1 aromatic rings. The fraction of sp³-hybridized carbons (Fsp3) is 0.529. The van der Waals surface area contributed by atoms with E-state index >= 15 is 0 Å². The molecule has 0 saturated heterocycles. The molecular formula is C17H26N4O4. The van der Waals surface area contributed by atoms with E-state index in [9.17, 15) is 19.7 Å². The first-order valence-electron chi connectivity index (χ1n) is 8.24. The molecule has 8 nitrogen and oxygen atoms in total. The van der Waals surface area contributed by atoms with E-state index < -0.39 is 10.3 Å². The van der Waals surface area contributed by atoms with Gasteiger partial charge in [0.1, 0.15) is 5.69 Å². The van der Waals surface area contributed by atoms with Gasteiger partial charge in [-0.15, -0.1) is 0 Å². The Balaban J connectivity index is 2.19. The largest absolute Gasteiger partial charge is 0.378 e. The SMILES string of the molecule is CC(C)(C)C(=O)NCCCC(=O)NCCNc1ccccc1[N+](=O)[O-]. The van der Waals surface area contributed by atoms with Crippen molar-refractivity contribution in [2.75, 3.05) is 25.0 Å². The number of nitrogens with one attached hydrogen (secondary N) is 3. The molecule has 0 bridgehead atoms. The van der Waals surface area contributed by atoms with Gasteiger partial charge in [0, 0.05) is 37.5 Å². The Labute approximate surface area is 147 Å². The second kappa shape index (κ2) is 9.61. The Hall–Kier alpha value is -2.64. The molecule has 0 atom stereocenters. The zero-order chi connectivity index (χ0) is 18.9. The smallest absolute Gasteiger partial charge is 0.292 e. The van der Waals surface area contributed by atoms with Gasteiger partial charge in [0.25, 0.3) is 5.69 Å². The summed E-state index contributed by atoms with van der Waals surface area (Å²) in [5.74, 6) is -0.157. The van der Waals surface area contributed by atoms with Crippen LogP contribution in [0.3, 0.4) is 0 Å². The zero-order valence-electron chi connectivity index (χ0n) is 14.9. The van der Waals surface area contributed by atoms with Crippen LogP contribution in [-0.4, -0.2) is 36.4 Å². The van der Waals surface area contributed by atoms with Gasteiger partial charge in [-0.1, -0.05) is 32.9 Å². The number of rotatable bonds is 9. The minimum Gasteiger partial charge on any atom is -0.378 e. The molecule has 1 rings (SSSR count). The molecule has 25 heavy (non-hydrogen) atoms. The molecule has 0 saturated carbocycles. The van der Waals surface area contributed by atoms with Crippen LogP contribution in [0.2, 0.25) is 0 Å². The Kier molecular flexibility index (Phi) is 7.84. The highest BCUT2D eigenvalue weighted by Gasteiger charge is 2.20. The van der Waals surface area contributed by atoms with Gasteiger partial charge in [-0.3, -0.25) is 19.7 Å². The lowest BCUT2D eigenvalue weighted by atomic mass is 9.96. The van der Waals surface area contributed by atoms with E-state index in [0.29, 0.717) is 38.2 Å². The fourth-order valence-electron chi connectivity index (χ4n) is 1.99. The highest BCUT2D eigenvalue weighted by atomic mass is 16.6. The van der Waals surface area contributed by atoms with Crippen LogP contribution in [0.1, 0.15) is 33.6 Å². The summed E-state index contributed by atoms with van der Waals surface area (Å²) >= 11 is 0. The van der Waals surface area contributed by atoms with Crippen LogP contribution in [0.4, 0.5) is 11.4 Å². The van der Waals surface area contributed by atoms with E-state index in [1.54, 1.807) is 18.2 Å². The van der Waals surface area contributed by atoms with E-state index in [0.717, 1.165) is 0 Å². The molecule has 0 aliphatic carbocycles. The maximum atomic E-state index is 11.7. The van der Waals surface area contributed by atoms with E-state index in [2.05, 4.69) is 16.0 Å². The number of anilines is 1. The summed E-state index contributed by atoms with van der Waals surface area (Å²) in [4.78, 5) is 33.8. The van der Waals surface area contributed by atoms with Crippen molar-refractivity contribution in [2.24, 2.45) is 5.41 Å². The van der Waals surface area contributed by atoms with Crippen LogP contribution in [0.5, 0.6) is 0 Å². The van der Waals surface area contributed by atoms with Crippen LogP contribution in [0, 0.1) is 15.5 Å². The lowest BCUT2D eigenvalue weighted by molar-refractivity contribution is -0.384. The summed E-state index contributed by atoms with van der Waals surface area (Å²) in [5.41, 5.74) is -0.0106. The molecule has 0 aromatic heterocycles. The Morgan fingerprint density at radius 3 is 2.40 bits per heavy atom. The zero-order valence-corrected chi connectivity index (χ0v) is 14.9. The van der Waals surface area contributed by atoms with Gasteiger partial charge < -0.3 is 16.0 Å². The summed E-state index contributed by atoms with van der Waals surface area (Å²) in [5, 5.41) is 19.3. The molecule has 0 aliphatic rings. The first-order valence-corrected chi connectivity index (χ1v) is 8.24. The number of amides is 2. The summed E-state index contributed by atoms with van der Waals surface area (Å²) in [6.45, 7) is 6.70. The van der Waals surface area contributed by atoms with Crippen molar-refractivity contribution in [3.05, 3.63) is 34.4 Å². The third-order valence-electron chi connectivity index (χ3n) is 3.41. The lowest BCUT2D eigenvalue weighted by Crippen LogP contribution is -2.36. The molecule has 0 fully saturated rings. The third kappa shape index (κ3) is 7.65. The molecule has 1 aromatic carbocycles. The number of nitro benzene ring substituents is 1. The highest BCUT2D eigenvalue weighted by Crippen LogP contribution is 2.22. The van der Waals surface area contributed by atoms with Crippen LogP contribution in [0.15, 0.2) is 24.3 Å². The molecule has 3 N–H and O–H groups in total. The second-order valence-corrected chi connectivity index (χ2v) is 6.66. The second-order valence-electron chi connectivity index (χ2n) is 6.66. The van der Waals surface area contributed by atoms with Gasteiger partial charge in [0.05, 0.1) is 4.92 Å². The monoisotopic (exact) mass is 350 g/mol. The lowest BCUT2D eigenvalue weighted by Gasteiger charge is -2.17. The molecule has 138 valence electrons. The van der Waals surface area contributed by atoms with E-state index in [4.69, 9.17) is 0 Å². The Bertz CT molecular complexity index is 611. The number of para-hydroxylation sites is 2. The van der Waals surface area contributed by atoms with E-state index in [1.807, 2.05) is 20.8 Å². The van der Waals surface area contributed by atoms with Crippen molar-refractivity contribution in [3.8, 4) is 0 Å². The molecule has 2 amide bonds. The first kappa shape index (κ1) is 20.4. The summed E-state index contributed by atoms with van der Waals surface area (Å²) < 4.78 is 0. The average Bonchev–Trinajstić information content (AvgIpc) is 2.54. The fourth-order valence-corrected chi connectivity index (χ4v) is 1.99.